The van der Waals surface area contributed by atoms with Crippen LogP contribution in [0.2, 0.25) is 0 Å². The Kier molecular flexibility index (Phi) is 7.64. The third-order valence-corrected chi connectivity index (χ3v) is 4.36. The molecule has 0 spiro atoms. The van der Waals surface area contributed by atoms with Gasteiger partial charge < -0.3 is 5.11 Å². The number of hydrogen-bond acceptors (Lipinski definition) is 3. The molecule has 1 aliphatic heterocycles. The average molecular weight is 340 g/mol. The van der Waals surface area contributed by atoms with Gasteiger partial charge in [0.05, 0.1) is 12.6 Å². The zero-order valence-electron chi connectivity index (χ0n) is 15.1. The van der Waals surface area contributed by atoms with Crippen molar-refractivity contribution in [3.05, 3.63) is 71.8 Å². The number of piperazine rings is 1. The summed E-state index contributed by atoms with van der Waals surface area (Å²) in [6.45, 7) is 7.48. The fourth-order valence-corrected chi connectivity index (χ4v) is 3.26. The van der Waals surface area contributed by atoms with Gasteiger partial charge in [-0.15, -0.1) is 0 Å². The van der Waals surface area contributed by atoms with Crippen molar-refractivity contribution in [3.63, 3.8) is 0 Å². The number of benzene rings is 2. The molecule has 0 radical (unpaired) electrons. The van der Waals surface area contributed by atoms with Crippen LogP contribution in [0.4, 0.5) is 0 Å². The maximum absolute atomic E-state index is 10.9. The Balaban J connectivity index is 0.00000109. The Bertz CT molecular complexity index is 583. The third kappa shape index (κ3) is 5.41. The van der Waals surface area contributed by atoms with E-state index >= 15 is 0 Å². The van der Waals surface area contributed by atoms with Crippen LogP contribution in [0.3, 0.4) is 0 Å². The Labute approximate surface area is 150 Å². The topological polar surface area (TPSA) is 43.8 Å². The van der Waals surface area contributed by atoms with Crippen LogP contribution in [-0.2, 0) is 4.79 Å². The van der Waals surface area contributed by atoms with Gasteiger partial charge in [-0.05, 0) is 11.1 Å². The van der Waals surface area contributed by atoms with Crippen LogP contribution in [0.25, 0.3) is 0 Å². The SMILES string of the molecule is CC.O=C(O)CN1CCN(C(c2ccccc2)c2ccccc2)CC1. The van der Waals surface area contributed by atoms with E-state index in [4.69, 9.17) is 5.11 Å². The Hall–Kier alpha value is -2.17. The van der Waals surface area contributed by atoms with E-state index in [-0.39, 0.29) is 12.6 Å². The summed E-state index contributed by atoms with van der Waals surface area (Å²) >= 11 is 0. The number of carbonyl (C=O) groups is 1. The molecule has 0 amide bonds. The quantitative estimate of drug-likeness (QED) is 0.905. The summed E-state index contributed by atoms with van der Waals surface area (Å²) in [6.07, 6.45) is 0. The predicted octanol–water partition coefficient (Wildman–Crippen LogP) is 3.50. The van der Waals surface area contributed by atoms with Gasteiger partial charge in [0, 0.05) is 26.2 Å². The van der Waals surface area contributed by atoms with E-state index in [0.29, 0.717) is 0 Å². The van der Waals surface area contributed by atoms with Crippen LogP contribution >= 0.6 is 0 Å². The minimum absolute atomic E-state index is 0.134. The maximum atomic E-state index is 10.9. The molecule has 134 valence electrons. The molecular weight excluding hydrogens is 312 g/mol. The molecule has 1 saturated heterocycles. The molecule has 25 heavy (non-hydrogen) atoms. The van der Waals surface area contributed by atoms with Crippen LogP contribution in [0.5, 0.6) is 0 Å². The predicted molar refractivity (Wildman–Crippen MR) is 102 cm³/mol. The third-order valence-electron chi connectivity index (χ3n) is 4.36. The summed E-state index contributed by atoms with van der Waals surface area (Å²) in [7, 11) is 0. The van der Waals surface area contributed by atoms with Crippen LogP contribution in [0.15, 0.2) is 60.7 Å². The lowest BCUT2D eigenvalue weighted by Crippen LogP contribution is -2.49. The first-order valence-electron chi connectivity index (χ1n) is 9.02. The Morgan fingerprint density at radius 1 is 0.880 bits per heavy atom. The minimum atomic E-state index is -0.749. The summed E-state index contributed by atoms with van der Waals surface area (Å²) in [5.41, 5.74) is 2.57. The van der Waals surface area contributed by atoms with Gasteiger partial charge in [0.15, 0.2) is 0 Å². The number of rotatable bonds is 5. The van der Waals surface area contributed by atoms with E-state index in [1.165, 1.54) is 11.1 Å². The first-order valence-corrected chi connectivity index (χ1v) is 9.02. The van der Waals surface area contributed by atoms with Gasteiger partial charge in [0.25, 0.3) is 0 Å². The second-order valence-corrected chi connectivity index (χ2v) is 5.93. The van der Waals surface area contributed by atoms with Crippen molar-refractivity contribution >= 4 is 5.97 Å². The molecule has 2 aromatic rings. The highest BCUT2D eigenvalue weighted by Crippen LogP contribution is 2.29. The van der Waals surface area contributed by atoms with Crippen molar-refractivity contribution in [1.82, 2.24) is 9.80 Å². The molecule has 1 fully saturated rings. The van der Waals surface area contributed by atoms with Gasteiger partial charge in [0.1, 0.15) is 0 Å². The molecule has 3 rings (SSSR count). The number of carboxylic acids is 1. The van der Waals surface area contributed by atoms with Crippen molar-refractivity contribution < 1.29 is 9.90 Å². The van der Waals surface area contributed by atoms with Crippen LogP contribution in [0.1, 0.15) is 31.0 Å². The van der Waals surface area contributed by atoms with E-state index in [9.17, 15) is 4.79 Å². The molecule has 1 heterocycles. The number of nitrogens with zero attached hydrogens (tertiary/aromatic N) is 2. The summed E-state index contributed by atoms with van der Waals surface area (Å²) in [6, 6.07) is 21.3. The summed E-state index contributed by atoms with van der Waals surface area (Å²) < 4.78 is 0. The zero-order chi connectivity index (χ0) is 18.1. The van der Waals surface area contributed by atoms with Crippen molar-refractivity contribution in [2.45, 2.75) is 19.9 Å². The minimum Gasteiger partial charge on any atom is -0.480 e. The van der Waals surface area contributed by atoms with Gasteiger partial charge >= 0.3 is 5.97 Å². The molecule has 0 aliphatic carbocycles. The van der Waals surface area contributed by atoms with E-state index in [1.54, 1.807) is 0 Å². The molecule has 2 aromatic carbocycles. The molecule has 0 atom stereocenters. The van der Waals surface area contributed by atoms with Gasteiger partial charge in [-0.25, -0.2) is 0 Å². The smallest absolute Gasteiger partial charge is 0.317 e. The Morgan fingerprint density at radius 3 is 1.72 bits per heavy atom. The second kappa shape index (κ2) is 9.97. The fourth-order valence-electron chi connectivity index (χ4n) is 3.26. The summed E-state index contributed by atoms with van der Waals surface area (Å²) in [5, 5.41) is 8.94. The molecule has 0 bridgehead atoms. The lowest BCUT2D eigenvalue weighted by molar-refractivity contribution is -0.138. The van der Waals surface area contributed by atoms with Crippen LogP contribution in [-0.4, -0.2) is 53.6 Å². The van der Waals surface area contributed by atoms with Crippen molar-refractivity contribution in [2.24, 2.45) is 0 Å². The van der Waals surface area contributed by atoms with E-state index in [0.717, 1.165) is 26.2 Å². The molecule has 1 N–H and O–H groups in total. The molecular formula is C21H28N2O2. The highest BCUT2D eigenvalue weighted by Gasteiger charge is 2.26. The van der Waals surface area contributed by atoms with Crippen LogP contribution in [0, 0.1) is 0 Å². The lowest BCUT2D eigenvalue weighted by atomic mass is 9.96. The van der Waals surface area contributed by atoms with Gasteiger partial charge in [-0.2, -0.15) is 0 Å². The first-order chi connectivity index (χ1) is 12.2. The zero-order valence-corrected chi connectivity index (χ0v) is 15.1. The highest BCUT2D eigenvalue weighted by atomic mass is 16.4. The standard InChI is InChI=1S/C19H22N2O2.C2H6/c22-18(23)15-20-11-13-21(14-12-20)19(16-7-3-1-4-8-16)17-9-5-2-6-10-17;1-2/h1-10,19H,11-15H2,(H,22,23);1-2H3. The van der Waals surface area contributed by atoms with Gasteiger partial charge in [-0.3, -0.25) is 14.6 Å². The summed E-state index contributed by atoms with van der Waals surface area (Å²) in [5.74, 6) is -0.749. The molecule has 4 nitrogen and oxygen atoms in total. The lowest BCUT2D eigenvalue weighted by Gasteiger charge is -2.39. The molecule has 0 unspecified atom stereocenters. The number of carboxylic acid groups (broad SMARTS) is 1. The monoisotopic (exact) mass is 340 g/mol. The van der Waals surface area contributed by atoms with Crippen molar-refractivity contribution in [3.8, 4) is 0 Å². The number of aliphatic carboxylic acids is 1. The van der Waals surface area contributed by atoms with Crippen molar-refractivity contribution in [1.29, 1.82) is 0 Å². The van der Waals surface area contributed by atoms with Crippen LogP contribution < -0.4 is 0 Å². The average Bonchev–Trinajstić information content (AvgIpc) is 2.66. The van der Waals surface area contributed by atoms with Gasteiger partial charge in [0.2, 0.25) is 0 Å². The fraction of sp³-hybridized carbons (Fsp3) is 0.381. The second-order valence-electron chi connectivity index (χ2n) is 5.93. The molecule has 0 saturated carbocycles. The largest absolute Gasteiger partial charge is 0.480 e. The number of hydrogen-bond donors (Lipinski definition) is 1. The van der Waals surface area contributed by atoms with E-state index < -0.39 is 5.97 Å². The summed E-state index contributed by atoms with van der Waals surface area (Å²) in [4.78, 5) is 15.3. The maximum Gasteiger partial charge on any atom is 0.317 e. The Morgan fingerprint density at radius 2 is 1.32 bits per heavy atom. The van der Waals surface area contributed by atoms with E-state index in [1.807, 2.05) is 30.9 Å². The molecule has 4 heteroatoms. The highest BCUT2D eigenvalue weighted by molar-refractivity contribution is 5.69. The normalized spacial score (nSPS) is 15.5. The molecule has 0 aromatic heterocycles. The molecule has 1 aliphatic rings. The van der Waals surface area contributed by atoms with Gasteiger partial charge in [-0.1, -0.05) is 74.5 Å². The first kappa shape index (κ1) is 19.2. The van der Waals surface area contributed by atoms with E-state index in [2.05, 4.69) is 53.4 Å². The van der Waals surface area contributed by atoms with Crippen molar-refractivity contribution in [2.75, 3.05) is 32.7 Å².